The third kappa shape index (κ3) is 5.25. The molecule has 21 heavy (non-hydrogen) atoms. The second-order valence-corrected chi connectivity index (χ2v) is 5.68. The molecule has 2 rings (SSSR count). The second kappa shape index (κ2) is 7.71. The highest BCUT2D eigenvalue weighted by atomic mass is 35.5. The van der Waals surface area contributed by atoms with E-state index in [0.29, 0.717) is 30.5 Å². The Kier molecular flexibility index (Phi) is 5.94. The van der Waals surface area contributed by atoms with E-state index in [1.807, 2.05) is 30.3 Å². The standard InChI is InChI=1S/C15H17Cl2N3O/c1-11(21)8-20(9-12-5-3-2-4-6-12)10-13-15(17)19-14(16)7-18-13/h2-7,11,21H,8-10H2,1H3. The van der Waals surface area contributed by atoms with Gasteiger partial charge in [-0.2, -0.15) is 0 Å². The van der Waals surface area contributed by atoms with Crippen molar-refractivity contribution in [2.24, 2.45) is 0 Å². The van der Waals surface area contributed by atoms with Crippen molar-refractivity contribution in [1.29, 1.82) is 0 Å². The second-order valence-electron chi connectivity index (χ2n) is 4.93. The lowest BCUT2D eigenvalue weighted by Gasteiger charge is -2.23. The number of hydrogen-bond donors (Lipinski definition) is 1. The highest BCUT2D eigenvalue weighted by molar-refractivity contribution is 6.32. The summed E-state index contributed by atoms with van der Waals surface area (Å²) in [6.07, 6.45) is 1.04. The molecular weight excluding hydrogens is 309 g/mol. The summed E-state index contributed by atoms with van der Waals surface area (Å²) in [6.45, 7) is 3.48. The fourth-order valence-electron chi connectivity index (χ4n) is 2.09. The zero-order valence-electron chi connectivity index (χ0n) is 11.7. The molecular formula is C15H17Cl2N3O. The van der Waals surface area contributed by atoms with Gasteiger partial charge in [-0.15, -0.1) is 0 Å². The number of aliphatic hydroxyl groups excluding tert-OH is 1. The van der Waals surface area contributed by atoms with Crippen LogP contribution in [0.5, 0.6) is 0 Å². The number of hydrogen-bond acceptors (Lipinski definition) is 4. The molecule has 1 atom stereocenters. The molecule has 0 aliphatic rings. The van der Waals surface area contributed by atoms with Crippen molar-refractivity contribution in [3.63, 3.8) is 0 Å². The van der Waals surface area contributed by atoms with E-state index in [1.165, 1.54) is 6.20 Å². The van der Waals surface area contributed by atoms with Crippen LogP contribution in [0.15, 0.2) is 36.5 Å². The summed E-state index contributed by atoms with van der Waals surface area (Å²) in [5.74, 6) is 0. The molecule has 0 aliphatic heterocycles. The molecule has 4 nitrogen and oxygen atoms in total. The summed E-state index contributed by atoms with van der Waals surface area (Å²) in [6, 6.07) is 10.0. The van der Waals surface area contributed by atoms with Crippen molar-refractivity contribution < 1.29 is 5.11 Å². The van der Waals surface area contributed by atoms with E-state index in [1.54, 1.807) is 6.92 Å². The Labute approximate surface area is 134 Å². The first kappa shape index (κ1) is 16.2. The number of nitrogens with zero attached hydrogens (tertiary/aromatic N) is 3. The van der Waals surface area contributed by atoms with Crippen molar-refractivity contribution >= 4 is 23.2 Å². The van der Waals surface area contributed by atoms with Gasteiger partial charge in [-0.05, 0) is 12.5 Å². The zero-order valence-corrected chi connectivity index (χ0v) is 13.2. The maximum absolute atomic E-state index is 9.66. The lowest BCUT2D eigenvalue weighted by molar-refractivity contribution is 0.117. The van der Waals surface area contributed by atoms with Gasteiger partial charge in [0.1, 0.15) is 5.15 Å². The van der Waals surface area contributed by atoms with E-state index in [-0.39, 0.29) is 5.15 Å². The van der Waals surface area contributed by atoms with Gasteiger partial charge in [-0.1, -0.05) is 53.5 Å². The van der Waals surface area contributed by atoms with Gasteiger partial charge in [0, 0.05) is 19.6 Å². The van der Waals surface area contributed by atoms with Crippen molar-refractivity contribution in [3.05, 3.63) is 58.1 Å². The molecule has 1 heterocycles. The van der Waals surface area contributed by atoms with Gasteiger partial charge in [-0.25, -0.2) is 4.98 Å². The van der Waals surface area contributed by atoms with Crippen LogP contribution in [0.3, 0.4) is 0 Å². The number of aliphatic hydroxyl groups is 1. The largest absolute Gasteiger partial charge is 0.392 e. The molecule has 2 aromatic rings. The molecule has 1 aromatic carbocycles. The van der Waals surface area contributed by atoms with Gasteiger partial charge in [0.2, 0.25) is 0 Å². The maximum atomic E-state index is 9.66. The minimum atomic E-state index is -0.437. The molecule has 0 saturated carbocycles. The van der Waals surface area contributed by atoms with Gasteiger partial charge in [0.05, 0.1) is 18.0 Å². The highest BCUT2D eigenvalue weighted by Gasteiger charge is 2.13. The van der Waals surface area contributed by atoms with Crippen molar-refractivity contribution in [2.75, 3.05) is 6.54 Å². The smallest absolute Gasteiger partial charge is 0.153 e. The van der Waals surface area contributed by atoms with Gasteiger partial charge < -0.3 is 5.11 Å². The van der Waals surface area contributed by atoms with Gasteiger partial charge in [-0.3, -0.25) is 9.88 Å². The Balaban J connectivity index is 2.12. The summed E-state index contributed by atoms with van der Waals surface area (Å²) in [7, 11) is 0. The van der Waals surface area contributed by atoms with Gasteiger partial charge in [0.15, 0.2) is 5.15 Å². The molecule has 0 saturated heterocycles. The van der Waals surface area contributed by atoms with E-state index < -0.39 is 6.10 Å². The Morgan fingerprint density at radius 3 is 2.52 bits per heavy atom. The predicted octanol–water partition coefficient (Wildman–Crippen LogP) is 3.17. The Morgan fingerprint density at radius 2 is 1.90 bits per heavy atom. The van der Waals surface area contributed by atoms with Crippen molar-refractivity contribution in [1.82, 2.24) is 14.9 Å². The van der Waals surface area contributed by atoms with Crippen molar-refractivity contribution in [2.45, 2.75) is 26.1 Å². The molecule has 0 bridgehead atoms. The fourth-order valence-corrected chi connectivity index (χ4v) is 2.47. The number of benzene rings is 1. The molecule has 0 spiro atoms. The fraction of sp³-hybridized carbons (Fsp3) is 0.333. The quantitative estimate of drug-likeness (QED) is 0.886. The molecule has 1 aromatic heterocycles. The first-order chi connectivity index (χ1) is 10.0. The minimum absolute atomic E-state index is 0.272. The molecule has 112 valence electrons. The van der Waals surface area contributed by atoms with Crippen LogP contribution in [0.2, 0.25) is 10.3 Å². The number of rotatable bonds is 6. The topological polar surface area (TPSA) is 49.2 Å². The van der Waals surface area contributed by atoms with Crippen LogP contribution in [-0.4, -0.2) is 32.6 Å². The SMILES string of the molecule is CC(O)CN(Cc1ccccc1)Cc1ncc(Cl)nc1Cl. The van der Waals surface area contributed by atoms with E-state index in [0.717, 1.165) is 5.56 Å². The average molecular weight is 326 g/mol. The maximum Gasteiger partial charge on any atom is 0.153 e. The summed E-state index contributed by atoms with van der Waals surface area (Å²) < 4.78 is 0. The third-order valence-corrected chi connectivity index (χ3v) is 3.40. The van der Waals surface area contributed by atoms with Crippen molar-refractivity contribution in [3.8, 4) is 0 Å². The number of aromatic nitrogens is 2. The Bertz CT molecular complexity index is 578. The van der Waals surface area contributed by atoms with E-state index in [9.17, 15) is 5.11 Å². The molecule has 0 fully saturated rings. The normalized spacial score (nSPS) is 12.6. The van der Waals surface area contributed by atoms with E-state index in [2.05, 4.69) is 14.9 Å². The summed E-state index contributed by atoms with van der Waals surface area (Å²) in [5.41, 5.74) is 1.81. The molecule has 1 N–H and O–H groups in total. The van der Waals surface area contributed by atoms with E-state index in [4.69, 9.17) is 23.2 Å². The monoisotopic (exact) mass is 325 g/mol. The van der Waals surface area contributed by atoms with Crippen LogP contribution in [0, 0.1) is 0 Å². The summed E-state index contributed by atoms with van der Waals surface area (Å²) in [5, 5.41) is 10.2. The molecule has 1 unspecified atom stereocenters. The van der Waals surface area contributed by atoms with Crippen LogP contribution in [-0.2, 0) is 13.1 Å². The van der Waals surface area contributed by atoms with Crippen LogP contribution in [0.25, 0.3) is 0 Å². The van der Waals surface area contributed by atoms with Crippen LogP contribution in [0.1, 0.15) is 18.2 Å². The summed E-state index contributed by atoms with van der Waals surface area (Å²) >= 11 is 11.8. The number of halogens is 2. The molecule has 6 heteroatoms. The molecule has 0 amide bonds. The first-order valence-electron chi connectivity index (χ1n) is 6.66. The first-order valence-corrected chi connectivity index (χ1v) is 7.41. The average Bonchev–Trinajstić information content (AvgIpc) is 2.42. The lowest BCUT2D eigenvalue weighted by Crippen LogP contribution is -2.30. The molecule has 0 aliphatic carbocycles. The Hall–Kier alpha value is -1.20. The predicted molar refractivity (Wildman–Crippen MR) is 84.3 cm³/mol. The third-order valence-electron chi connectivity index (χ3n) is 2.91. The Morgan fingerprint density at radius 1 is 1.19 bits per heavy atom. The van der Waals surface area contributed by atoms with Gasteiger partial charge in [0.25, 0.3) is 0 Å². The van der Waals surface area contributed by atoms with Crippen LogP contribution < -0.4 is 0 Å². The minimum Gasteiger partial charge on any atom is -0.392 e. The molecule has 0 radical (unpaired) electrons. The lowest BCUT2D eigenvalue weighted by atomic mass is 10.2. The van der Waals surface area contributed by atoms with Crippen LogP contribution in [0.4, 0.5) is 0 Å². The van der Waals surface area contributed by atoms with E-state index >= 15 is 0 Å². The van der Waals surface area contributed by atoms with Crippen LogP contribution >= 0.6 is 23.2 Å². The highest BCUT2D eigenvalue weighted by Crippen LogP contribution is 2.17. The van der Waals surface area contributed by atoms with Gasteiger partial charge >= 0.3 is 0 Å². The zero-order chi connectivity index (χ0) is 15.2. The summed E-state index contributed by atoms with van der Waals surface area (Å²) in [4.78, 5) is 10.3.